The molecular formula is C11H13FN2O. The highest BCUT2D eigenvalue weighted by molar-refractivity contribution is 5.83. The van der Waals surface area contributed by atoms with Gasteiger partial charge in [-0.3, -0.25) is 4.79 Å². The summed E-state index contributed by atoms with van der Waals surface area (Å²) in [6, 6.07) is 6.35. The smallest absolute Gasteiger partial charge is 0.225 e. The Bertz CT molecular complexity index is 363. The fourth-order valence-corrected chi connectivity index (χ4v) is 1.86. The average Bonchev–Trinajstić information content (AvgIpc) is 2.24. The number of hydrogen-bond acceptors (Lipinski definition) is 2. The summed E-state index contributed by atoms with van der Waals surface area (Å²) in [4.78, 5) is 13.0. The van der Waals surface area contributed by atoms with Gasteiger partial charge in [-0.2, -0.15) is 0 Å². The number of likely N-dealkylation sites (tertiary alicyclic amines) is 1. The number of nitrogens with zero attached hydrogens (tertiary/aromatic N) is 1. The number of carbonyl (C=O) groups is 1. The maximum atomic E-state index is 12.7. The molecule has 0 spiro atoms. The highest BCUT2D eigenvalue weighted by Gasteiger charge is 2.36. The first kappa shape index (κ1) is 10.1. The van der Waals surface area contributed by atoms with Gasteiger partial charge in [-0.1, -0.05) is 12.1 Å². The van der Waals surface area contributed by atoms with Gasteiger partial charge < -0.3 is 10.6 Å². The molecule has 15 heavy (non-hydrogen) atoms. The van der Waals surface area contributed by atoms with Crippen molar-refractivity contribution in [3.63, 3.8) is 0 Å². The molecule has 80 valence electrons. The van der Waals surface area contributed by atoms with Crippen molar-refractivity contribution in [3.05, 3.63) is 35.6 Å². The minimum Gasteiger partial charge on any atom is -0.334 e. The Morgan fingerprint density at radius 1 is 1.40 bits per heavy atom. The largest absolute Gasteiger partial charge is 0.334 e. The van der Waals surface area contributed by atoms with Crippen LogP contribution in [-0.4, -0.2) is 23.9 Å². The molecule has 1 atom stereocenters. The zero-order chi connectivity index (χ0) is 10.8. The second-order valence-corrected chi connectivity index (χ2v) is 3.65. The van der Waals surface area contributed by atoms with Gasteiger partial charge in [0, 0.05) is 13.1 Å². The highest BCUT2D eigenvalue weighted by Crippen LogP contribution is 2.33. The molecule has 1 aliphatic rings. The highest BCUT2D eigenvalue weighted by atomic mass is 19.1. The Labute approximate surface area is 87.7 Å². The lowest BCUT2D eigenvalue weighted by Crippen LogP contribution is -2.48. The van der Waals surface area contributed by atoms with Gasteiger partial charge in [0.1, 0.15) is 5.82 Å². The maximum Gasteiger partial charge on any atom is 0.225 e. The zero-order valence-corrected chi connectivity index (χ0v) is 8.32. The van der Waals surface area contributed by atoms with Crippen molar-refractivity contribution in [1.82, 2.24) is 4.90 Å². The minimum absolute atomic E-state index is 0.0849. The molecule has 2 rings (SSSR count). The summed E-state index contributed by atoms with van der Waals surface area (Å²) in [5.74, 6) is -0.135. The molecule has 1 saturated heterocycles. The Kier molecular flexibility index (Phi) is 2.68. The van der Waals surface area contributed by atoms with Crippen molar-refractivity contribution in [2.24, 2.45) is 5.73 Å². The molecule has 1 unspecified atom stereocenters. The number of rotatable bonds is 3. The molecule has 2 N–H and O–H groups in total. The first-order valence-corrected chi connectivity index (χ1v) is 4.97. The van der Waals surface area contributed by atoms with Crippen molar-refractivity contribution in [2.75, 3.05) is 13.1 Å². The van der Waals surface area contributed by atoms with Crippen LogP contribution in [0.15, 0.2) is 24.3 Å². The topological polar surface area (TPSA) is 46.3 Å². The summed E-state index contributed by atoms with van der Waals surface area (Å²) < 4.78 is 12.7. The van der Waals surface area contributed by atoms with Gasteiger partial charge in [0.25, 0.3) is 0 Å². The van der Waals surface area contributed by atoms with Crippen LogP contribution < -0.4 is 5.73 Å². The van der Waals surface area contributed by atoms with E-state index in [0.29, 0.717) is 19.5 Å². The molecule has 0 saturated carbocycles. The summed E-state index contributed by atoms with van der Waals surface area (Å²) in [6.45, 7) is 1.03. The third kappa shape index (κ3) is 1.85. The van der Waals surface area contributed by atoms with Crippen molar-refractivity contribution < 1.29 is 9.18 Å². The van der Waals surface area contributed by atoms with Crippen molar-refractivity contribution in [2.45, 2.75) is 12.5 Å². The molecule has 1 amide bonds. The Morgan fingerprint density at radius 2 is 2.07 bits per heavy atom. The van der Waals surface area contributed by atoms with Crippen LogP contribution in [0.25, 0.3) is 0 Å². The molecule has 0 aromatic heterocycles. The lowest BCUT2D eigenvalue weighted by atomic mass is 9.94. The van der Waals surface area contributed by atoms with Gasteiger partial charge >= 0.3 is 0 Å². The normalized spacial score (nSPS) is 20.3. The van der Waals surface area contributed by atoms with Crippen molar-refractivity contribution >= 4 is 5.91 Å². The molecular weight excluding hydrogens is 195 g/mol. The van der Waals surface area contributed by atoms with E-state index in [-0.39, 0.29) is 17.8 Å². The summed E-state index contributed by atoms with van der Waals surface area (Å²) in [7, 11) is 0. The molecule has 0 aliphatic carbocycles. The van der Waals surface area contributed by atoms with E-state index in [1.165, 1.54) is 12.1 Å². The first-order chi connectivity index (χ1) is 7.22. The van der Waals surface area contributed by atoms with Gasteiger partial charge in [-0.25, -0.2) is 4.39 Å². The standard InChI is InChI=1S/C11H13FN2O/c12-9-3-1-8(2-4-9)10-7-11(15)14(10)6-5-13/h1-4,10H,5-7,13H2. The fraction of sp³-hybridized carbons (Fsp3) is 0.364. The van der Waals surface area contributed by atoms with E-state index in [4.69, 9.17) is 5.73 Å². The molecule has 1 aromatic rings. The Hall–Kier alpha value is -1.42. The number of amides is 1. The molecule has 4 heteroatoms. The molecule has 3 nitrogen and oxygen atoms in total. The van der Waals surface area contributed by atoms with Crippen molar-refractivity contribution in [1.29, 1.82) is 0 Å². The molecule has 0 bridgehead atoms. The van der Waals surface area contributed by atoms with Crippen LogP contribution in [0.5, 0.6) is 0 Å². The molecule has 1 heterocycles. The van der Waals surface area contributed by atoms with E-state index in [0.717, 1.165) is 5.56 Å². The van der Waals surface area contributed by atoms with Gasteiger partial charge in [-0.15, -0.1) is 0 Å². The second kappa shape index (κ2) is 3.98. The molecule has 1 aromatic carbocycles. The SMILES string of the molecule is NCCN1C(=O)CC1c1ccc(F)cc1. The van der Waals surface area contributed by atoms with Gasteiger partial charge in [0.05, 0.1) is 12.5 Å². The van der Waals surface area contributed by atoms with Crippen LogP contribution in [-0.2, 0) is 4.79 Å². The Morgan fingerprint density at radius 3 is 2.60 bits per heavy atom. The first-order valence-electron chi connectivity index (χ1n) is 4.97. The Balaban J connectivity index is 2.11. The van der Waals surface area contributed by atoms with E-state index in [1.807, 2.05) is 0 Å². The maximum absolute atomic E-state index is 12.7. The fourth-order valence-electron chi connectivity index (χ4n) is 1.86. The number of nitrogens with two attached hydrogens (primary N) is 1. The quantitative estimate of drug-likeness (QED) is 0.755. The summed E-state index contributed by atoms with van der Waals surface area (Å²) >= 11 is 0. The van der Waals surface area contributed by atoms with E-state index in [1.54, 1.807) is 17.0 Å². The third-order valence-corrected chi connectivity index (χ3v) is 2.69. The minimum atomic E-state index is -0.255. The lowest BCUT2D eigenvalue weighted by Gasteiger charge is -2.40. The van der Waals surface area contributed by atoms with E-state index in [2.05, 4.69) is 0 Å². The van der Waals surface area contributed by atoms with Crippen LogP contribution in [0.3, 0.4) is 0 Å². The van der Waals surface area contributed by atoms with Crippen LogP contribution in [0, 0.1) is 5.82 Å². The number of hydrogen-bond donors (Lipinski definition) is 1. The molecule has 0 radical (unpaired) electrons. The van der Waals surface area contributed by atoms with E-state index < -0.39 is 0 Å². The number of β-lactam (4-membered cyclic amide) rings is 1. The van der Waals surface area contributed by atoms with Crippen LogP contribution in [0.4, 0.5) is 4.39 Å². The van der Waals surface area contributed by atoms with Crippen LogP contribution in [0.1, 0.15) is 18.0 Å². The lowest BCUT2D eigenvalue weighted by molar-refractivity contribution is -0.146. The number of carbonyl (C=O) groups excluding carboxylic acids is 1. The zero-order valence-electron chi connectivity index (χ0n) is 8.32. The molecule has 1 fully saturated rings. The van der Waals surface area contributed by atoms with Gasteiger partial charge in [0.15, 0.2) is 0 Å². The second-order valence-electron chi connectivity index (χ2n) is 3.65. The third-order valence-electron chi connectivity index (χ3n) is 2.69. The average molecular weight is 208 g/mol. The van der Waals surface area contributed by atoms with Gasteiger partial charge in [-0.05, 0) is 17.7 Å². The summed E-state index contributed by atoms with van der Waals surface area (Å²) in [5, 5.41) is 0. The van der Waals surface area contributed by atoms with Crippen LogP contribution >= 0.6 is 0 Å². The monoisotopic (exact) mass is 208 g/mol. The molecule has 1 aliphatic heterocycles. The predicted octanol–water partition coefficient (Wildman–Crippen LogP) is 1.06. The van der Waals surface area contributed by atoms with E-state index in [9.17, 15) is 9.18 Å². The summed E-state index contributed by atoms with van der Waals surface area (Å²) in [6.07, 6.45) is 0.506. The predicted molar refractivity (Wildman–Crippen MR) is 54.5 cm³/mol. The van der Waals surface area contributed by atoms with Crippen LogP contribution in [0.2, 0.25) is 0 Å². The summed E-state index contributed by atoms with van der Waals surface area (Å²) in [5.41, 5.74) is 6.39. The number of benzene rings is 1. The van der Waals surface area contributed by atoms with Gasteiger partial charge in [0.2, 0.25) is 5.91 Å². The number of halogens is 1. The van der Waals surface area contributed by atoms with Crippen molar-refractivity contribution in [3.8, 4) is 0 Å². The van der Waals surface area contributed by atoms with E-state index >= 15 is 0 Å².